The van der Waals surface area contributed by atoms with Gasteiger partial charge in [0.2, 0.25) is 0 Å². The number of benzene rings is 1. The molecule has 0 aliphatic rings. The molecule has 9 heteroatoms. The van der Waals surface area contributed by atoms with E-state index >= 15 is 0 Å². The lowest BCUT2D eigenvalue weighted by molar-refractivity contribution is 0.311. The molecule has 2 heterocycles. The molecular weight excluding hydrogens is 387 g/mol. The van der Waals surface area contributed by atoms with Crippen LogP contribution in [0.4, 0.5) is 5.69 Å². The van der Waals surface area contributed by atoms with E-state index in [9.17, 15) is 4.79 Å². The number of hydrogen-bond acceptors (Lipinski definition) is 5. The largest absolute Gasteiger partial charge is 0.380 e. The highest BCUT2D eigenvalue weighted by Gasteiger charge is 2.17. The van der Waals surface area contributed by atoms with Crippen LogP contribution in [0.15, 0.2) is 47.7 Å². The second-order valence-electron chi connectivity index (χ2n) is 6.37. The zero-order valence-electron chi connectivity index (χ0n) is 15.2. The normalized spacial score (nSPS) is 12.4. The Kier molecular flexibility index (Phi) is 5.84. The van der Waals surface area contributed by atoms with Gasteiger partial charge in [-0.25, -0.2) is 0 Å². The first-order valence-electron chi connectivity index (χ1n) is 8.29. The summed E-state index contributed by atoms with van der Waals surface area (Å²) in [5.41, 5.74) is 1.75. The van der Waals surface area contributed by atoms with Crippen molar-refractivity contribution in [1.82, 2.24) is 24.5 Å². The summed E-state index contributed by atoms with van der Waals surface area (Å²) in [5.74, 6) is 0. The third-order valence-electron chi connectivity index (χ3n) is 4.21. The van der Waals surface area contributed by atoms with E-state index in [1.165, 1.54) is 4.68 Å². The van der Waals surface area contributed by atoms with Crippen molar-refractivity contribution in [3.05, 3.63) is 68.8 Å². The third-order valence-corrected chi connectivity index (χ3v) is 4.83. The average Bonchev–Trinajstić information content (AvgIpc) is 3.05. The number of nitrogens with one attached hydrogen (secondary N) is 1. The van der Waals surface area contributed by atoms with Gasteiger partial charge in [0.15, 0.2) is 0 Å². The Hall–Kier alpha value is -2.35. The molecule has 3 rings (SSSR count). The molecule has 27 heavy (non-hydrogen) atoms. The molecule has 1 aromatic carbocycles. The van der Waals surface area contributed by atoms with Gasteiger partial charge in [-0.15, -0.1) is 0 Å². The van der Waals surface area contributed by atoms with Gasteiger partial charge in [-0.1, -0.05) is 23.2 Å². The van der Waals surface area contributed by atoms with E-state index in [0.29, 0.717) is 22.9 Å². The van der Waals surface area contributed by atoms with E-state index in [2.05, 4.69) is 20.4 Å². The predicted molar refractivity (Wildman–Crippen MR) is 108 cm³/mol. The van der Waals surface area contributed by atoms with Gasteiger partial charge >= 0.3 is 0 Å². The van der Waals surface area contributed by atoms with Gasteiger partial charge in [0.25, 0.3) is 5.56 Å². The summed E-state index contributed by atoms with van der Waals surface area (Å²) < 4.78 is 3.00. The molecule has 0 saturated heterocycles. The summed E-state index contributed by atoms with van der Waals surface area (Å²) in [6, 6.07) is 6.88. The lowest BCUT2D eigenvalue weighted by Crippen LogP contribution is -2.28. The van der Waals surface area contributed by atoms with Crippen LogP contribution < -0.4 is 10.9 Å². The number of hydrogen-bond donors (Lipinski definition) is 1. The van der Waals surface area contributed by atoms with Crippen molar-refractivity contribution in [3.8, 4) is 5.69 Å². The lowest BCUT2D eigenvalue weighted by Gasteiger charge is -2.24. The van der Waals surface area contributed by atoms with Crippen molar-refractivity contribution in [3.63, 3.8) is 0 Å². The molecule has 1 atom stereocenters. The van der Waals surface area contributed by atoms with Crippen LogP contribution in [-0.2, 0) is 7.05 Å². The first-order valence-corrected chi connectivity index (χ1v) is 9.05. The van der Waals surface area contributed by atoms with Gasteiger partial charge in [0.05, 0.1) is 29.8 Å². The minimum absolute atomic E-state index is 0.0634. The Labute approximate surface area is 167 Å². The van der Waals surface area contributed by atoms with Crippen LogP contribution in [-0.4, -0.2) is 45.1 Å². The Bertz CT molecular complexity index is 980. The Morgan fingerprint density at radius 1 is 1.15 bits per heavy atom. The maximum atomic E-state index is 12.6. The topological polar surface area (TPSA) is 68.0 Å². The molecule has 0 amide bonds. The van der Waals surface area contributed by atoms with Gasteiger partial charge in [-0.05, 0) is 38.4 Å². The van der Waals surface area contributed by atoms with Crippen molar-refractivity contribution in [1.29, 1.82) is 0 Å². The molecule has 1 unspecified atom stereocenters. The number of anilines is 1. The monoisotopic (exact) mass is 406 g/mol. The molecule has 2 aromatic heterocycles. The van der Waals surface area contributed by atoms with Gasteiger partial charge < -0.3 is 10.2 Å². The van der Waals surface area contributed by atoms with Crippen LogP contribution in [0.2, 0.25) is 10.0 Å². The van der Waals surface area contributed by atoms with Crippen LogP contribution in [0.25, 0.3) is 5.69 Å². The maximum absolute atomic E-state index is 12.6. The molecule has 1 N–H and O–H groups in total. The minimum atomic E-state index is -0.397. The Balaban J connectivity index is 1.82. The molecule has 3 aromatic rings. The van der Waals surface area contributed by atoms with Crippen LogP contribution in [0.1, 0.15) is 11.6 Å². The molecule has 7 nitrogen and oxygen atoms in total. The van der Waals surface area contributed by atoms with E-state index in [4.69, 9.17) is 23.2 Å². The highest BCUT2D eigenvalue weighted by atomic mass is 35.5. The fourth-order valence-corrected chi connectivity index (χ4v) is 3.06. The van der Waals surface area contributed by atoms with Gasteiger partial charge in [0, 0.05) is 30.4 Å². The quantitative estimate of drug-likeness (QED) is 0.681. The maximum Gasteiger partial charge on any atom is 0.292 e. The zero-order chi connectivity index (χ0) is 19.6. The fourth-order valence-electron chi connectivity index (χ4n) is 2.74. The third kappa shape index (κ3) is 4.32. The average molecular weight is 407 g/mol. The first-order chi connectivity index (χ1) is 12.9. The summed E-state index contributed by atoms with van der Waals surface area (Å²) in [5, 5.41) is 12.3. The van der Waals surface area contributed by atoms with E-state index in [-0.39, 0.29) is 11.1 Å². The zero-order valence-corrected chi connectivity index (χ0v) is 16.7. The molecule has 0 aliphatic carbocycles. The van der Waals surface area contributed by atoms with Crippen molar-refractivity contribution in [2.45, 2.75) is 6.04 Å². The van der Waals surface area contributed by atoms with E-state index in [0.717, 1.165) is 5.56 Å². The summed E-state index contributed by atoms with van der Waals surface area (Å²) >= 11 is 12.2. The van der Waals surface area contributed by atoms with E-state index in [1.54, 1.807) is 35.1 Å². The van der Waals surface area contributed by atoms with Crippen LogP contribution in [0.3, 0.4) is 0 Å². The molecule has 0 fully saturated rings. The fraction of sp³-hybridized carbons (Fsp3) is 0.278. The van der Waals surface area contributed by atoms with Gasteiger partial charge in [-0.2, -0.15) is 14.9 Å². The van der Waals surface area contributed by atoms with Crippen molar-refractivity contribution < 1.29 is 0 Å². The number of nitrogens with zero attached hydrogens (tertiary/aromatic N) is 5. The van der Waals surface area contributed by atoms with Crippen LogP contribution in [0.5, 0.6) is 0 Å². The molecular formula is C18H20Cl2N6O. The Morgan fingerprint density at radius 2 is 1.85 bits per heavy atom. The number of halogens is 2. The number of aromatic nitrogens is 4. The second kappa shape index (κ2) is 8.12. The smallest absolute Gasteiger partial charge is 0.292 e. The van der Waals surface area contributed by atoms with Crippen molar-refractivity contribution >= 4 is 28.9 Å². The highest BCUT2D eigenvalue weighted by Crippen LogP contribution is 2.22. The number of aryl methyl sites for hydroxylation is 1. The summed E-state index contributed by atoms with van der Waals surface area (Å²) in [7, 11) is 5.84. The number of rotatable bonds is 6. The minimum Gasteiger partial charge on any atom is -0.380 e. The lowest BCUT2D eigenvalue weighted by atomic mass is 10.1. The van der Waals surface area contributed by atoms with Crippen molar-refractivity contribution in [2.24, 2.45) is 7.05 Å². The first kappa shape index (κ1) is 19.4. The Morgan fingerprint density at radius 3 is 2.44 bits per heavy atom. The molecule has 0 radical (unpaired) electrons. The molecule has 142 valence electrons. The predicted octanol–water partition coefficient (Wildman–Crippen LogP) is 2.99. The van der Waals surface area contributed by atoms with Crippen molar-refractivity contribution in [2.75, 3.05) is 26.0 Å². The number of likely N-dealkylation sites (N-methyl/N-ethyl adjacent to an activating group) is 1. The SMILES string of the molecule is CN(C)C(CNc1cnn(-c2ccc(Cl)cc2)c(=O)c1Cl)c1cnn(C)c1. The van der Waals surface area contributed by atoms with Crippen LogP contribution in [0, 0.1) is 0 Å². The van der Waals surface area contributed by atoms with E-state index < -0.39 is 5.56 Å². The standard InChI is InChI=1S/C18H20Cl2N6O/c1-24(2)16(12-8-22-25(3)11-12)10-21-15-9-23-26(18(27)17(15)20)14-6-4-13(19)5-7-14/h4-9,11,16,21H,10H2,1-3H3. The summed E-state index contributed by atoms with van der Waals surface area (Å²) in [6.45, 7) is 0.546. The summed E-state index contributed by atoms with van der Waals surface area (Å²) in [6.07, 6.45) is 5.34. The van der Waals surface area contributed by atoms with Gasteiger partial charge in [-0.3, -0.25) is 9.48 Å². The van der Waals surface area contributed by atoms with E-state index in [1.807, 2.05) is 33.5 Å². The highest BCUT2D eigenvalue weighted by molar-refractivity contribution is 6.33. The van der Waals surface area contributed by atoms with Crippen LogP contribution >= 0.6 is 23.2 Å². The molecule has 0 spiro atoms. The molecule has 0 bridgehead atoms. The molecule has 0 saturated carbocycles. The molecule has 0 aliphatic heterocycles. The summed E-state index contributed by atoms with van der Waals surface area (Å²) in [4.78, 5) is 14.7. The van der Waals surface area contributed by atoms with Gasteiger partial charge in [0.1, 0.15) is 5.02 Å². The second-order valence-corrected chi connectivity index (χ2v) is 7.19.